The number of pyridine rings is 1. The van der Waals surface area contributed by atoms with Crippen molar-refractivity contribution in [3.63, 3.8) is 0 Å². The van der Waals surface area contributed by atoms with Gasteiger partial charge >= 0.3 is 6.03 Å². The molecule has 1 aliphatic rings. The molecule has 0 unspecified atom stereocenters. The molecule has 0 radical (unpaired) electrons. The molecule has 15 nitrogen and oxygen atoms in total. The van der Waals surface area contributed by atoms with Gasteiger partial charge in [0.2, 0.25) is 5.82 Å². The van der Waals surface area contributed by atoms with Gasteiger partial charge in [-0.05, 0) is 57.1 Å². The summed E-state index contributed by atoms with van der Waals surface area (Å²) in [4.78, 5) is 26.3. The molecule has 1 saturated carbocycles. The first-order chi connectivity index (χ1) is 22.3. The molecule has 0 aromatic carbocycles. The number of fused-ring (bicyclic) bond motifs is 1. The topological polar surface area (TPSA) is 185 Å². The Labute approximate surface area is 267 Å². The zero-order chi connectivity index (χ0) is 32.4. The predicted molar refractivity (Wildman–Crippen MR) is 169 cm³/mol. The molecular weight excluding hydrogens is 616 g/mol. The molecule has 46 heavy (non-hydrogen) atoms. The van der Waals surface area contributed by atoms with E-state index in [9.17, 15) is 13.2 Å². The molecule has 248 valence electrons. The lowest BCUT2D eigenvalue weighted by Crippen LogP contribution is -2.22. The molecule has 0 aliphatic heterocycles. The maximum absolute atomic E-state index is 13.0. The highest BCUT2D eigenvalue weighted by atomic mass is 32.2. The Kier molecular flexibility index (Phi) is 11.6. The number of amides is 2. The largest absolute Gasteiger partial charge is 0.381 e. The van der Waals surface area contributed by atoms with E-state index in [2.05, 4.69) is 35.8 Å². The number of ether oxygens (including phenoxy) is 2. The number of urea groups is 1. The van der Waals surface area contributed by atoms with Crippen molar-refractivity contribution >= 4 is 33.2 Å². The Bertz CT molecular complexity index is 1700. The summed E-state index contributed by atoms with van der Waals surface area (Å²) < 4.78 is 44.9. The normalized spacial score (nSPS) is 13.9. The van der Waals surface area contributed by atoms with Gasteiger partial charge in [-0.2, -0.15) is 18.5 Å². The maximum atomic E-state index is 13.0. The fraction of sp³-hybridized carbons (Fsp3) is 0.533. The van der Waals surface area contributed by atoms with Crippen molar-refractivity contribution < 1.29 is 31.4 Å². The van der Waals surface area contributed by atoms with Crippen LogP contribution in [-0.4, -0.2) is 76.9 Å². The van der Waals surface area contributed by atoms with Crippen molar-refractivity contribution in [1.82, 2.24) is 29.7 Å². The van der Waals surface area contributed by atoms with Gasteiger partial charge in [-0.15, -0.1) is 0 Å². The second-order valence-corrected chi connectivity index (χ2v) is 12.9. The quantitative estimate of drug-likeness (QED) is 0.116. The van der Waals surface area contributed by atoms with Gasteiger partial charge < -0.3 is 24.6 Å². The van der Waals surface area contributed by atoms with E-state index in [-0.39, 0.29) is 13.2 Å². The third-order valence-corrected chi connectivity index (χ3v) is 8.09. The summed E-state index contributed by atoms with van der Waals surface area (Å²) in [6.07, 6.45) is 13.4. The van der Waals surface area contributed by atoms with Crippen molar-refractivity contribution in [2.75, 3.05) is 43.3 Å². The monoisotopic (exact) mass is 656 g/mol. The number of anilines is 2. The van der Waals surface area contributed by atoms with Gasteiger partial charge in [0.25, 0.3) is 16.0 Å². The van der Waals surface area contributed by atoms with E-state index < -0.39 is 16.1 Å². The SMILES string of the molecule is Cc1cc(NC(=O)Nc2cnc3ccnn3c2C2CCCC2)cnc1-c1noc(COCCCOCCCCCOS(C)(=O)=O)n1. The molecule has 2 amide bonds. The number of hydrogen-bond acceptors (Lipinski definition) is 12. The first-order valence-electron chi connectivity index (χ1n) is 15.5. The van der Waals surface area contributed by atoms with Crippen molar-refractivity contribution in [3.05, 3.63) is 47.9 Å². The van der Waals surface area contributed by atoms with Crippen LogP contribution in [0.25, 0.3) is 17.2 Å². The molecule has 4 aromatic rings. The van der Waals surface area contributed by atoms with Crippen LogP contribution < -0.4 is 10.6 Å². The number of aromatic nitrogens is 6. The fourth-order valence-corrected chi connectivity index (χ4v) is 5.79. The molecule has 16 heteroatoms. The van der Waals surface area contributed by atoms with Gasteiger partial charge in [0, 0.05) is 31.8 Å². The van der Waals surface area contributed by atoms with Crippen LogP contribution in [0.1, 0.15) is 74.4 Å². The van der Waals surface area contributed by atoms with E-state index in [1.165, 1.54) is 0 Å². The van der Waals surface area contributed by atoms with Crippen LogP contribution in [0.5, 0.6) is 0 Å². The summed E-state index contributed by atoms with van der Waals surface area (Å²) in [6, 6.07) is 3.25. The third kappa shape index (κ3) is 9.51. The van der Waals surface area contributed by atoms with Gasteiger partial charge in [0.1, 0.15) is 12.3 Å². The van der Waals surface area contributed by atoms with Crippen LogP contribution in [0, 0.1) is 6.92 Å². The maximum Gasteiger partial charge on any atom is 0.323 e. The third-order valence-electron chi connectivity index (χ3n) is 7.49. The van der Waals surface area contributed by atoms with Gasteiger partial charge in [-0.25, -0.2) is 14.3 Å². The highest BCUT2D eigenvalue weighted by molar-refractivity contribution is 7.85. The average Bonchev–Trinajstić information content (AvgIpc) is 3.80. The Balaban J connectivity index is 1.04. The second-order valence-electron chi connectivity index (χ2n) is 11.2. The highest BCUT2D eigenvalue weighted by Crippen LogP contribution is 2.37. The van der Waals surface area contributed by atoms with Gasteiger partial charge in [0.05, 0.1) is 48.5 Å². The molecule has 0 saturated heterocycles. The van der Waals surface area contributed by atoms with Crippen LogP contribution in [0.2, 0.25) is 0 Å². The number of nitrogens with zero attached hydrogens (tertiary/aromatic N) is 6. The molecule has 0 spiro atoms. The van der Waals surface area contributed by atoms with E-state index in [4.69, 9.17) is 18.2 Å². The standard InChI is InChI=1S/C30H40N8O7S/c1-21-17-23(34-30(39)35-24-19-31-25-11-12-33-38(25)28(24)22-9-4-5-10-22)18-32-27(21)29-36-26(45-37-29)20-43-15-8-14-42-13-6-3-7-16-44-46(2,40)41/h11-12,17-19,22H,3-10,13-16,20H2,1-2H3,(H2,34,35,39). The first-order valence-corrected chi connectivity index (χ1v) is 17.3. The lowest BCUT2D eigenvalue weighted by molar-refractivity contribution is 0.0633. The number of rotatable bonds is 17. The molecule has 4 aromatic heterocycles. The van der Waals surface area contributed by atoms with E-state index in [0.717, 1.165) is 61.7 Å². The Hall–Kier alpha value is -3.99. The van der Waals surface area contributed by atoms with E-state index in [1.54, 1.807) is 24.7 Å². The van der Waals surface area contributed by atoms with E-state index in [1.807, 2.05) is 17.5 Å². The first kappa shape index (κ1) is 33.4. The zero-order valence-electron chi connectivity index (χ0n) is 26.1. The lowest BCUT2D eigenvalue weighted by Gasteiger charge is -2.17. The van der Waals surface area contributed by atoms with Crippen molar-refractivity contribution in [1.29, 1.82) is 0 Å². The number of unbranched alkanes of at least 4 members (excludes halogenated alkanes) is 2. The number of aryl methyl sites for hydroxylation is 1. The Morgan fingerprint density at radius 1 is 1.02 bits per heavy atom. The zero-order valence-corrected chi connectivity index (χ0v) is 26.9. The molecule has 2 N–H and O–H groups in total. The molecule has 5 rings (SSSR count). The van der Waals surface area contributed by atoms with Crippen molar-refractivity contribution in [3.8, 4) is 11.5 Å². The van der Waals surface area contributed by atoms with Crippen LogP contribution in [0.4, 0.5) is 16.2 Å². The fourth-order valence-electron chi connectivity index (χ4n) is 5.37. The molecule has 1 aliphatic carbocycles. The summed E-state index contributed by atoms with van der Waals surface area (Å²) in [6.45, 7) is 3.83. The molecule has 0 bridgehead atoms. The Morgan fingerprint density at radius 2 is 1.80 bits per heavy atom. The number of hydrogen-bond donors (Lipinski definition) is 2. The molecular formula is C30H40N8O7S. The van der Waals surface area contributed by atoms with Crippen molar-refractivity contribution in [2.45, 2.75) is 70.8 Å². The minimum atomic E-state index is -3.37. The second kappa shape index (κ2) is 16.0. The van der Waals surface area contributed by atoms with Crippen LogP contribution >= 0.6 is 0 Å². The minimum absolute atomic E-state index is 0.161. The molecule has 4 heterocycles. The number of nitrogens with one attached hydrogen (secondary N) is 2. The Morgan fingerprint density at radius 3 is 2.61 bits per heavy atom. The van der Waals surface area contributed by atoms with Gasteiger partial charge in [0.15, 0.2) is 5.65 Å². The summed E-state index contributed by atoms with van der Waals surface area (Å²) in [5, 5.41) is 14.3. The summed E-state index contributed by atoms with van der Waals surface area (Å²) in [5.74, 6) is 0.974. The number of carbonyl (C=O) groups excluding carboxylic acids is 1. The lowest BCUT2D eigenvalue weighted by atomic mass is 10.0. The van der Waals surface area contributed by atoms with Crippen LogP contribution in [0.3, 0.4) is 0 Å². The van der Waals surface area contributed by atoms with E-state index in [0.29, 0.717) is 67.4 Å². The summed E-state index contributed by atoms with van der Waals surface area (Å²) in [7, 11) is -3.37. The van der Waals surface area contributed by atoms with Gasteiger partial charge in [-0.3, -0.25) is 9.17 Å². The van der Waals surface area contributed by atoms with Crippen LogP contribution in [0.15, 0.2) is 35.2 Å². The smallest absolute Gasteiger partial charge is 0.323 e. The summed E-state index contributed by atoms with van der Waals surface area (Å²) >= 11 is 0. The number of carbonyl (C=O) groups is 1. The molecule has 1 fully saturated rings. The highest BCUT2D eigenvalue weighted by Gasteiger charge is 2.25. The molecule has 0 atom stereocenters. The average molecular weight is 657 g/mol. The minimum Gasteiger partial charge on any atom is -0.381 e. The van der Waals surface area contributed by atoms with E-state index >= 15 is 0 Å². The van der Waals surface area contributed by atoms with Crippen LogP contribution in [-0.2, 0) is 30.4 Å². The van der Waals surface area contributed by atoms with Crippen molar-refractivity contribution in [2.24, 2.45) is 0 Å². The predicted octanol–water partition coefficient (Wildman–Crippen LogP) is 4.85. The summed E-state index contributed by atoms with van der Waals surface area (Å²) in [5.41, 5.74) is 4.19. The van der Waals surface area contributed by atoms with Gasteiger partial charge in [-0.1, -0.05) is 18.0 Å².